The predicted octanol–water partition coefficient (Wildman–Crippen LogP) is 3.91. The van der Waals surface area contributed by atoms with Crippen molar-refractivity contribution in [3.8, 4) is 5.75 Å². The lowest BCUT2D eigenvalue weighted by Gasteiger charge is -2.35. The van der Waals surface area contributed by atoms with Crippen LogP contribution in [0.5, 0.6) is 5.75 Å². The van der Waals surface area contributed by atoms with E-state index in [0.29, 0.717) is 43.1 Å². The minimum absolute atomic E-state index is 0.0303. The summed E-state index contributed by atoms with van der Waals surface area (Å²) in [6, 6.07) is 12.2. The summed E-state index contributed by atoms with van der Waals surface area (Å²) in [6.07, 6.45) is 0. The Hall–Kier alpha value is -2.68. The summed E-state index contributed by atoms with van der Waals surface area (Å²) in [5, 5.41) is 0. The van der Waals surface area contributed by atoms with Gasteiger partial charge in [-0.15, -0.1) is 0 Å². The molecule has 1 aliphatic heterocycles. The molecule has 29 heavy (non-hydrogen) atoms. The van der Waals surface area contributed by atoms with Gasteiger partial charge in [-0.3, -0.25) is 9.59 Å². The zero-order valence-corrected chi connectivity index (χ0v) is 16.4. The molecule has 0 atom stereocenters. The molecule has 0 radical (unpaired) electrons. The average molecular weight is 424 g/mol. The van der Waals surface area contributed by atoms with E-state index in [-0.39, 0.29) is 28.5 Å². The number of hydrogen-bond acceptors (Lipinski definition) is 4. The number of benzene rings is 2. The fourth-order valence-corrected chi connectivity index (χ4v) is 3.57. The van der Waals surface area contributed by atoms with E-state index in [4.69, 9.17) is 4.74 Å². The number of carbonyl (C=O) groups excluding carboxylic acids is 2. The van der Waals surface area contributed by atoms with E-state index in [9.17, 15) is 22.8 Å². The molecule has 2 amide bonds. The SMILES string of the molecule is COc1cccc(C(=O)N2CCN(C(=O)c3ccc(SC(F)(F)F)cc3)CC2)c1. The molecule has 0 bridgehead atoms. The van der Waals surface area contributed by atoms with Crippen molar-refractivity contribution in [1.29, 1.82) is 0 Å². The highest BCUT2D eigenvalue weighted by Gasteiger charge is 2.29. The number of halogens is 3. The molecule has 0 unspecified atom stereocenters. The van der Waals surface area contributed by atoms with E-state index < -0.39 is 5.51 Å². The third-order valence-corrected chi connectivity index (χ3v) is 5.24. The molecule has 5 nitrogen and oxygen atoms in total. The van der Waals surface area contributed by atoms with Gasteiger partial charge in [0, 0.05) is 42.2 Å². The molecular formula is C20H19F3N2O3S. The number of ether oxygens (including phenoxy) is 1. The van der Waals surface area contributed by atoms with Gasteiger partial charge in [0.25, 0.3) is 11.8 Å². The molecule has 3 rings (SSSR count). The van der Waals surface area contributed by atoms with Crippen LogP contribution in [0.4, 0.5) is 13.2 Å². The molecule has 1 aliphatic rings. The van der Waals surface area contributed by atoms with Crippen LogP contribution in [0.25, 0.3) is 0 Å². The monoisotopic (exact) mass is 424 g/mol. The van der Waals surface area contributed by atoms with Gasteiger partial charge in [-0.25, -0.2) is 0 Å². The minimum atomic E-state index is -4.36. The first-order chi connectivity index (χ1) is 13.8. The van der Waals surface area contributed by atoms with Crippen LogP contribution in [-0.4, -0.2) is 60.4 Å². The van der Waals surface area contributed by atoms with Gasteiger partial charge in [-0.05, 0) is 54.2 Å². The molecule has 9 heteroatoms. The summed E-state index contributed by atoms with van der Waals surface area (Å²) in [5.74, 6) is 0.198. The van der Waals surface area contributed by atoms with Gasteiger partial charge < -0.3 is 14.5 Å². The van der Waals surface area contributed by atoms with Gasteiger partial charge in [-0.1, -0.05) is 6.07 Å². The summed E-state index contributed by atoms with van der Waals surface area (Å²) in [6.45, 7) is 1.47. The third kappa shape index (κ3) is 5.44. The summed E-state index contributed by atoms with van der Waals surface area (Å²) in [4.78, 5) is 28.5. The van der Waals surface area contributed by atoms with Crippen molar-refractivity contribution in [1.82, 2.24) is 9.80 Å². The fourth-order valence-electron chi connectivity index (χ4n) is 3.03. The molecule has 1 saturated heterocycles. The molecule has 0 N–H and O–H groups in total. The second-order valence-corrected chi connectivity index (χ2v) is 7.53. The summed E-state index contributed by atoms with van der Waals surface area (Å²) < 4.78 is 42.4. The van der Waals surface area contributed by atoms with E-state index in [0.717, 1.165) is 0 Å². The Bertz CT molecular complexity index is 879. The number of piperazine rings is 1. The lowest BCUT2D eigenvalue weighted by molar-refractivity contribution is -0.0328. The largest absolute Gasteiger partial charge is 0.497 e. The van der Waals surface area contributed by atoms with Crippen LogP contribution >= 0.6 is 11.8 Å². The van der Waals surface area contributed by atoms with Gasteiger partial charge in [0.05, 0.1) is 7.11 Å². The standard InChI is InChI=1S/C20H19F3N2O3S/c1-28-16-4-2-3-15(13-16)19(27)25-11-9-24(10-12-25)18(26)14-5-7-17(8-6-14)29-20(21,22)23/h2-8,13H,9-12H2,1H3. The Kier molecular flexibility index (Phi) is 6.36. The Morgan fingerprint density at radius 2 is 1.45 bits per heavy atom. The van der Waals surface area contributed by atoms with Crippen molar-refractivity contribution in [3.63, 3.8) is 0 Å². The topological polar surface area (TPSA) is 49.9 Å². The zero-order valence-electron chi connectivity index (χ0n) is 15.6. The third-order valence-electron chi connectivity index (χ3n) is 4.51. The van der Waals surface area contributed by atoms with E-state index in [2.05, 4.69) is 0 Å². The minimum Gasteiger partial charge on any atom is -0.497 e. The lowest BCUT2D eigenvalue weighted by atomic mass is 10.1. The Morgan fingerprint density at radius 1 is 0.897 bits per heavy atom. The van der Waals surface area contributed by atoms with Crippen molar-refractivity contribution >= 4 is 23.6 Å². The molecule has 1 heterocycles. The first-order valence-electron chi connectivity index (χ1n) is 8.85. The lowest BCUT2D eigenvalue weighted by Crippen LogP contribution is -2.50. The van der Waals surface area contributed by atoms with Gasteiger partial charge in [0.1, 0.15) is 5.75 Å². The Morgan fingerprint density at radius 3 is 1.97 bits per heavy atom. The predicted molar refractivity (Wildman–Crippen MR) is 103 cm³/mol. The second kappa shape index (κ2) is 8.77. The molecule has 154 valence electrons. The molecule has 0 saturated carbocycles. The van der Waals surface area contributed by atoms with Gasteiger partial charge >= 0.3 is 5.51 Å². The maximum Gasteiger partial charge on any atom is 0.446 e. The molecule has 0 aliphatic carbocycles. The molecule has 2 aromatic carbocycles. The number of amides is 2. The molecule has 1 fully saturated rings. The summed E-state index contributed by atoms with van der Waals surface area (Å²) in [7, 11) is 1.53. The second-order valence-electron chi connectivity index (χ2n) is 6.39. The average Bonchev–Trinajstić information content (AvgIpc) is 2.72. The van der Waals surface area contributed by atoms with Crippen molar-refractivity contribution < 1.29 is 27.5 Å². The highest BCUT2D eigenvalue weighted by atomic mass is 32.2. The highest BCUT2D eigenvalue weighted by Crippen LogP contribution is 2.36. The smallest absolute Gasteiger partial charge is 0.446 e. The number of nitrogens with zero attached hydrogens (tertiary/aromatic N) is 2. The molecule has 0 aromatic heterocycles. The number of carbonyl (C=O) groups is 2. The molecule has 0 spiro atoms. The summed E-state index contributed by atoms with van der Waals surface area (Å²) >= 11 is -0.217. The van der Waals surface area contributed by atoms with Gasteiger partial charge in [0.2, 0.25) is 0 Å². The van der Waals surface area contributed by atoms with Crippen LogP contribution in [-0.2, 0) is 0 Å². The van der Waals surface area contributed by atoms with E-state index in [1.165, 1.54) is 31.4 Å². The van der Waals surface area contributed by atoms with Crippen molar-refractivity contribution in [2.45, 2.75) is 10.4 Å². The quantitative estimate of drug-likeness (QED) is 0.699. The molecular weight excluding hydrogens is 405 g/mol. The van der Waals surface area contributed by atoms with Crippen LogP contribution in [0.2, 0.25) is 0 Å². The first-order valence-corrected chi connectivity index (χ1v) is 9.67. The number of methoxy groups -OCH3 is 1. The van der Waals surface area contributed by atoms with Crippen LogP contribution < -0.4 is 4.74 Å². The Labute approximate surface area is 170 Å². The van der Waals surface area contributed by atoms with Crippen LogP contribution in [0.3, 0.4) is 0 Å². The maximum absolute atomic E-state index is 12.6. The van der Waals surface area contributed by atoms with Crippen LogP contribution in [0, 0.1) is 0 Å². The number of rotatable bonds is 4. The van der Waals surface area contributed by atoms with E-state index in [1.807, 2.05) is 0 Å². The van der Waals surface area contributed by atoms with Gasteiger partial charge in [0.15, 0.2) is 0 Å². The number of thioether (sulfide) groups is 1. The molecule has 2 aromatic rings. The van der Waals surface area contributed by atoms with Crippen molar-refractivity contribution in [2.75, 3.05) is 33.3 Å². The summed E-state index contributed by atoms with van der Waals surface area (Å²) in [5.41, 5.74) is -3.53. The maximum atomic E-state index is 12.6. The number of hydrogen-bond donors (Lipinski definition) is 0. The van der Waals surface area contributed by atoms with E-state index >= 15 is 0 Å². The zero-order chi connectivity index (χ0) is 21.0. The number of alkyl halides is 3. The Balaban J connectivity index is 1.58. The van der Waals surface area contributed by atoms with Crippen molar-refractivity contribution in [3.05, 3.63) is 59.7 Å². The van der Waals surface area contributed by atoms with E-state index in [1.54, 1.807) is 34.1 Å². The normalized spacial score (nSPS) is 14.6. The van der Waals surface area contributed by atoms with Crippen LogP contribution in [0.15, 0.2) is 53.4 Å². The highest BCUT2D eigenvalue weighted by molar-refractivity contribution is 8.00. The first kappa shape index (κ1) is 21.0. The van der Waals surface area contributed by atoms with Crippen molar-refractivity contribution in [2.24, 2.45) is 0 Å². The van der Waals surface area contributed by atoms with Crippen LogP contribution in [0.1, 0.15) is 20.7 Å². The van der Waals surface area contributed by atoms with Gasteiger partial charge in [-0.2, -0.15) is 13.2 Å². The fraction of sp³-hybridized carbons (Fsp3) is 0.300.